The molecular formula is C21H29N3O. The SMILES string of the molecule is C1=C(CN2CCC(Nc3nc4ccccc4o3)CC2)CCCCCC1. The Balaban J connectivity index is 1.27. The highest BCUT2D eigenvalue weighted by atomic mass is 16.4. The number of nitrogens with one attached hydrogen (secondary N) is 1. The van der Waals surface area contributed by atoms with E-state index in [1.54, 1.807) is 5.57 Å². The summed E-state index contributed by atoms with van der Waals surface area (Å²) in [5.41, 5.74) is 3.46. The molecular weight excluding hydrogens is 310 g/mol. The smallest absolute Gasteiger partial charge is 0.295 e. The van der Waals surface area contributed by atoms with Crippen LogP contribution in [0.1, 0.15) is 51.4 Å². The number of hydrogen-bond acceptors (Lipinski definition) is 4. The van der Waals surface area contributed by atoms with Crippen molar-refractivity contribution in [1.82, 2.24) is 9.88 Å². The number of piperidine rings is 1. The van der Waals surface area contributed by atoms with Crippen LogP contribution in [0.15, 0.2) is 40.3 Å². The van der Waals surface area contributed by atoms with Gasteiger partial charge in [-0.1, -0.05) is 36.6 Å². The van der Waals surface area contributed by atoms with Gasteiger partial charge in [0.2, 0.25) is 0 Å². The zero-order valence-electron chi connectivity index (χ0n) is 15.0. The highest BCUT2D eigenvalue weighted by molar-refractivity contribution is 5.74. The summed E-state index contributed by atoms with van der Waals surface area (Å²) in [5.74, 6) is 0. The van der Waals surface area contributed by atoms with Crippen molar-refractivity contribution in [3.63, 3.8) is 0 Å². The average molecular weight is 339 g/mol. The molecule has 1 N–H and O–H groups in total. The van der Waals surface area contributed by atoms with Crippen molar-refractivity contribution in [2.24, 2.45) is 0 Å². The van der Waals surface area contributed by atoms with E-state index in [1.807, 2.05) is 24.3 Å². The maximum atomic E-state index is 5.80. The molecule has 0 saturated carbocycles. The molecule has 1 saturated heterocycles. The summed E-state index contributed by atoms with van der Waals surface area (Å²) < 4.78 is 5.80. The topological polar surface area (TPSA) is 41.3 Å². The second kappa shape index (κ2) is 8.05. The zero-order valence-corrected chi connectivity index (χ0v) is 15.0. The van der Waals surface area contributed by atoms with E-state index in [2.05, 4.69) is 21.3 Å². The van der Waals surface area contributed by atoms with Crippen molar-refractivity contribution in [3.05, 3.63) is 35.9 Å². The third-order valence-corrected chi connectivity index (χ3v) is 5.52. The molecule has 2 aromatic rings. The number of likely N-dealkylation sites (tertiary alicyclic amines) is 1. The number of rotatable bonds is 4. The van der Waals surface area contributed by atoms with E-state index in [0.717, 1.165) is 37.0 Å². The van der Waals surface area contributed by atoms with Gasteiger partial charge in [-0.15, -0.1) is 0 Å². The molecule has 134 valence electrons. The lowest BCUT2D eigenvalue weighted by Gasteiger charge is -2.32. The first-order valence-electron chi connectivity index (χ1n) is 9.89. The molecule has 4 rings (SSSR count). The second-order valence-corrected chi connectivity index (χ2v) is 7.50. The van der Waals surface area contributed by atoms with Crippen molar-refractivity contribution < 1.29 is 4.42 Å². The van der Waals surface area contributed by atoms with Crippen LogP contribution in [0.25, 0.3) is 11.1 Å². The predicted octanol–water partition coefficient (Wildman–Crippen LogP) is 4.98. The molecule has 2 aliphatic rings. The molecule has 4 heteroatoms. The van der Waals surface area contributed by atoms with Crippen LogP contribution in [-0.4, -0.2) is 35.6 Å². The normalized spacial score (nSPS) is 20.9. The lowest BCUT2D eigenvalue weighted by Crippen LogP contribution is -2.40. The van der Waals surface area contributed by atoms with Gasteiger partial charge in [0, 0.05) is 25.7 Å². The Bertz CT molecular complexity index is 680. The maximum absolute atomic E-state index is 5.80. The van der Waals surface area contributed by atoms with Gasteiger partial charge in [0.25, 0.3) is 6.01 Å². The van der Waals surface area contributed by atoms with Crippen molar-refractivity contribution in [3.8, 4) is 0 Å². The van der Waals surface area contributed by atoms with E-state index in [-0.39, 0.29) is 0 Å². The van der Waals surface area contributed by atoms with Crippen LogP contribution in [0.2, 0.25) is 0 Å². The first-order chi connectivity index (χ1) is 12.4. The van der Waals surface area contributed by atoms with Crippen LogP contribution in [-0.2, 0) is 0 Å². The molecule has 4 nitrogen and oxygen atoms in total. The van der Waals surface area contributed by atoms with Gasteiger partial charge in [0.05, 0.1) is 0 Å². The number of hydrogen-bond donors (Lipinski definition) is 1. The average Bonchev–Trinajstić information content (AvgIpc) is 3.01. The fourth-order valence-corrected chi connectivity index (χ4v) is 4.03. The Labute approximate surface area is 150 Å². The fraction of sp³-hybridized carbons (Fsp3) is 0.571. The minimum atomic E-state index is 0.468. The van der Waals surface area contributed by atoms with Crippen LogP contribution in [0.3, 0.4) is 0 Å². The van der Waals surface area contributed by atoms with Gasteiger partial charge in [-0.05, 0) is 50.7 Å². The Morgan fingerprint density at radius 3 is 2.80 bits per heavy atom. The molecule has 1 aliphatic heterocycles. The fourth-order valence-electron chi connectivity index (χ4n) is 4.03. The van der Waals surface area contributed by atoms with Gasteiger partial charge < -0.3 is 9.73 Å². The van der Waals surface area contributed by atoms with Crippen LogP contribution in [0.4, 0.5) is 6.01 Å². The Morgan fingerprint density at radius 2 is 1.92 bits per heavy atom. The monoisotopic (exact) mass is 339 g/mol. The molecule has 1 aliphatic carbocycles. The highest BCUT2D eigenvalue weighted by Gasteiger charge is 2.21. The molecule has 1 aromatic carbocycles. The first-order valence-corrected chi connectivity index (χ1v) is 9.89. The molecule has 0 atom stereocenters. The standard InChI is InChI=1S/C21H29N3O/c1-2-4-8-17(9-5-3-1)16-24-14-12-18(13-15-24)22-21-23-19-10-6-7-11-20(19)25-21/h6-8,10-11,18H,1-5,9,12-16H2,(H,22,23). The number of oxazole rings is 1. The summed E-state index contributed by atoms with van der Waals surface area (Å²) in [7, 11) is 0. The van der Waals surface area contributed by atoms with Crippen molar-refractivity contribution >= 4 is 17.1 Å². The van der Waals surface area contributed by atoms with Gasteiger partial charge >= 0.3 is 0 Å². The summed E-state index contributed by atoms with van der Waals surface area (Å²) >= 11 is 0. The number of allylic oxidation sites excluding steroid dienone is 1. The predicted molar refractivity (Wildman–Crippen MR) is 103 cm³/mol. The van der Waals surface area contributed by atoms with Crippen LogP contribution >= 0.6 is 0 Å². The van der Waals surface area contributed by atoms with Crippen LogP contribution < -0.4 is 5.32 Å². The Kier molecular flexibility index (Phi) is 5.36. The molecule has 1 aromatic heterocycles. The van der Waals surface area contributed by atoms with Gasteiger partial charge in [0.15, 0.2) is 5.58 Å². The lowest BCUT2D eigenvalue weighted by molar-refractivity contribution is 0.232. The summed E-state index contributed by atoms with van der Waals surface area (Å²) in [4.78, 5) is 7.16. The molecule has 0 spiro atoms. The number of anilines is 1. The van der Waals surface area contributed by atoms with E-state index in [0.29, 0.717) is 12.1 Å². The third-order valence-electron chi connectivity index (χ3n) is 5.52. The molecule has 0 radical (unpaired) electrons. The third kappa shape index (κ3) is 4.43. The minimum Gasteiger partial charge on any atom is -0.424 e. The highest BCUT2D eigenvalue weighted by Crippen LogP contribution is 2.23. The molecule has 25 heavy (non-hydrogen) atoms. The molecule has 0 amide bonds. The van der Waals surface area contributed by atoms with E-state index >= 15 is 0 Å². The first kappa shape index (κ1) is 16.6. The summed E-state index contributed by atoms with van der Waals surface area (Å²) in [6, 6.07) is 9.09. The van der Waals surface area contributed by atoms with Crippen LogP contribution in [0, 0.1) is 0 Å². The Morgan fingerprint density at radius 1 is 1.08 bits per heavy atom. The second-order valence-electron chi connectivity index (χ2n) is 7.50. The molecule has 0 unspecified atom stereocenters. The van der Waals surface area contributed by atoms with E-state index in [1.165, 1.54) is 45.1 Å². The number of fused-ring (bicyclic) bond motifs is 1. The van der Waals surface area contributed by atoms with E-state index in [9.17, 15) is 0 Å². The minimum absolute atomic E-state index is 0.468. The van der Waals surface area contributed by atoms with Crippen molar-refractivity contribution in [2.45, 2.75) is 57.4 Å². The number of aromatic nitrogens is 1. The lowest BCUT2D eigenvalue weighted by atomic mass is 9.98. The number of benzene rings is 1. The quantitative estimate of drug-likeness (QED) is 0.797. The molecule has 0 bridgehead atoms. The summed E-state index contributed by atoms with van der Waals surface area (Å²) in [6.45, 7) is 3.50. The van der Waals surface area contributed by atoms with E-state index in [4.69, 9.17) is 4.42 Å². The molecule has 1 fully saturated rings. The van der Waals surface area contributed by atoms with Crippen molar-refractivity contribution in [1.29, 1.82) is 0 Å². The molecule has 2 heterocycles. The van der Waals surface area contributed by atoms with Crippen LogP contribution in [0.5, 0.6) is 0 Å². The number of nitrogens with zero attached hydrogens (tertiary/aromatic N) is 2. The summed E-state index contributed by atoms with van der Waals surface area (Å²) in [6.07, 6.45) is 13.0. The largest absolute Gasteiger partial charge is 0.424 e. The van der Waals surface area contributed by atoms with Gasteiger partial charge in [0.1, 0.15) is 5.52 Å². The van der Waals surface area contributed by atoms with Gasteiger partial charge in [-0.3, -0.25) is 4.90 Å². The van der Waals surface area contributed by atoms with Crippen molar-refractivity contribution in [2.75, 3.05) is 25.0 Å². The van der Waals surface area contributed by atoms with Gasteiger partial charge in [-0.25, -0.2) is 0 Å². The maximum Gasteiger partial charge on any atom is 0.295 e. The van der Waals surface area contributed by atoms with E-state index < -0.39 is 0 Å². The zero-order chi connectivity index (χ0) is 16.9. The Hall–Kier alpha value is -1.81. The summed E-state index contributed by atoms with van der Waals surface area (Å²) in [5, 5.41) is 3.49. The number of para-hydroxylation sites is 2. The van der Waals surface area contributed by atoms with Gasteiger partial charge in [-0.2, -0.15) is 4.98 Å².